The SMILES string of the molecule is [Ni+4].[OH-].[OH-].[OH-].[OH-]. The number of hydrogen-bond donors (Lipinski definition) is 0. The van der Waals surface area contributed by atoms with Crippen molar-refractivity contribution in [1.29, 1.82) is 0 Å². The van der Waals surface area contributed by atoms with Crippen LogP contribution in [-0.2, 0) is 16.5 Å². The van der Waals surface area contributed by atoms with Crippen LogP contribution in [0.1, 0.15) is 0 Å². The van der Waals surface area contributed by atoms with E-state index in [4.69, 9.17) is 0 Å². The molecule has 0 radical (unpaired) electrons. The molecule has 4 nitrogen and oxygen atoms in total. The van der Waals surface area contributed by atoms with Crippen molar-refractivity contribution in [2.75, 3.05) is 0 Å². The predicted octanol–water partition coefficient (Wildman–Crippen LogP) is -0.710. The van der Waals surface area contributed by atoms with E-state index in [1.165, 1.54) is 0 Å². The fourth-order valence-corrected chi connectivity index (χ4v) is 0. The van der Waals surface area contributed by atoms with Crippen molar-refractivity contribution >= 4 is 0 Å². The molecule has 0 aliphatic heterocycles. The molecule has 0 unspecified atom stereocenters. The zero-order valence-electron chi connectivity index (χ0n) is 2.11. The van der Waals surface area contributed by atoms with Gasteiger partial charge in [0.25, 0.3) is 0 Å². The third-order valence-corrected chi connectivity index (χ3v) is 0. The molecule has 4 N–H and O–H groups in total. The van der Waals surface area contributed by atoms with Crippen LogP contribution in [0.2, 0.25) is 0 Å². The van der Waals surface area contributed by atoms with E-state index >= 15 is 0 Å². The fraction of sp³-hybridized carbons (Fsp3) is 0. The molecule has 0 aromatic heterocycles. The van der Waals surface area contributed by atoms with E-state index in [2.05, 4.69) is 0 Å². The van der Waals surface area contributed by atoms with E-state index in [1.54, 1.807) is 0 Å². The third kappa shape index (κ3) is 212. The second-order valence-corrected chi connectivity index (χ2v) is 0. The van der Waals surface area contributed by atoms with Crippen molar-refractivity contribution in [3.8, 4) is 0 Å². The Morgan fingerprint density at radius 1 is 0.400 bits per heavy atom. The first-order valence-electron chi connectivity index (χ1n) is 0. The van der Waals surface area contributed by atoms with E-state index in [1.807, 2.05) is 0 Å². The quantitative estimate of drug-likeness (QED) is 0.398. The van der Waals surface area contributed by atoms with E-state index in [0.29, 0.717) is 0 Å². The first kappa shape index (κ1) is 900. The van der Waals surface area contributed by atoms with Crippen molar-refractivity contribution < 1.29 is 38.4 Å². The molecule has 5 heteroatoms. The molecule has 38 valence electrons. The van der Waals surface area contributed by atoms with Crippen LogP contribution in [0.3, 0.4) is 0 Å². The fourth-order valence-electron chi connectivity index (χ4n) is 0. The van der Waals surface area contributed by atoms with Crippen LogP contribution in [0.15, 0.2) is 0 Å². The molecule has 0 aromatic rings. The maximum absolute atomic E-state index is 0. The monoisotopic (exact) mass is 126 g/mol. The van der Waals surface area contributed by atoms with Gasteiger partial charge in [0.15, 0.2) is 0 Å². The molecule has 0 bridgehead atoms. The van der Waals surface area contributed by atoms with Gasteiger partial charge in [-0.05, 0) is 0 Å². The molecular weight excluding hydrogens is 123 g/mol. The molecule has 0 aromatic carbocycles. The average Bonchev–Trinajstić information content (AvgIpc) is 0. The summed E-state index contributed by atoms with van der Waals surface area (Å²) in [6.07, 6.45) is 0. The molecule has 5 heavy (non-hydrogen) atoms. The average molecular weight is 127 g/mol. The molecule has 0 fully saturated rings. The zero-order valence-corrected chi connectivity index (χ0v) is 3.09. The molecule has 0 saturated heterocycles. The van der Waals surface area contributed by atoms with Crippen molar-refractivity contribution in [3.05, 3.63) is 0 Å². The summed E-state index contributed by atoms with van der Waals surface area (Å²) < 4.78 is 0. The van der Waals surface area contributed by atoms with Crippen LogP contribution in [-0.4, -0.2) is 21.9 Å². The molecule has 0 amide bonds. The zero-order chi connectivity index (χ0) is 0. The van der Waals surface area contributed by atoms with E-state index in [0.717, 1.165) is 0 Å². The molecule has 0 aliphatic carbocycles. The Kier molecular flexibility index (Phi) is 78000. The van der Waals surface area contributed by atoms with Crippen LogP contribution >= 0.6 is 0 Å². The largest absolute Gasteiger partial charge is 4.00 e. The molecular formula is H4NiO4. The minimum absolute atomic E-state index is 0. The van der Waals surface area contributed by atoms with Gasteiger partial charge in [-0.3, -0.25) is 0 Å². The van der Waals surface area contributed by atoms with Crippen molar-refractivity contribution in [1.82, 2.24) is 0 Å². The van der Waals surface area contributed by atoms with Gasteiger partial charge < -0.3 is 21.9 Å². The summed E-state index contributed by atoms with van der Waals surface area (Å²) in [6, 6.07) is 0. The molecule has 0 rings (SSSR count). The van der Waals surface area contributed by atoms with Crippen molar-refractivity contribution in [3.63, 3.8) is 0 Å². The first-order valence-corrected chi connectivity index (χ1v) is 0. The second kappa shape index (κ2) is 433. The predicted molar refractivity (Wildman–Crippen MR) is 7.74 cm³/mol. The first-order chi connectivity index (χ1) is 0. The van der Waals surface area contributed by atoms with Gasteiger partial charge in [-0.2, -0.15) is 0 Å². The van der Waals surface area contributed by atoms with Crippen LogP contribution in [0, 0.1) is 0 Å². The summed E-state index contributed by atoms with van der Waals surface area (Å²) in [5.74, 6) is 0. The number of rotatable bonds is 0. The molecule has 0 spiro atoms. The van der Waals surface area contributed by atoms with Crippen LogP contribution in [0.5, 0.6) is 0 Å². The second-order valence-electron chi connectivity index (χ2n) is 0. The summed E-state index contributed by atoms with van der Waals surface area (Å²) in [5.41, 5.74) is 0. The Bertz CT molecular complexity index is 3.61. The molecule has 0 aliphatic rings. The maximum atomic E-state index is 0. The Balaban J connectivity index is 0. The third-order valence-electron chi connectivity index (χ3n) is 0. The van der Waals surface area contributed by atoms with Crippen molar-refractivity contribution in [2.24, 2.45) is 0 Å². The van der Waals surface area contributed by atoms with Crippen molar-refractivity contribution in [2.45, 2.75) is 0 Å². The van der Waals surface area contributed by atoms with E-state index in [-0.39, 0.29) is 38.4 Å². The smallest absolute Gasteiger partial charge is 0.870 e. The summed E-state index contributed by atoms with van der Waals surface area (Å²) in [4.78, 5) is 0. The van der Waals surface area contributed by atoms with E-state index in [9.17, 15) is 0 Å². The normalized spacial score (nSPS) is 0. The maximum Gasteiger partial charge on any atom is 4.00 e. The van der Waals surface area contributed by atoms with Gasteiger partial charge in [-0.25, -0.2) is 0 Å². The van der Waals surface area contributed by atoms with Gasteiger partial charge in [0.1, 0.15) is 0 Å². The topological polar surface area (TPSA) is 120 Å². The Morgan fingerprint density at radius 3 is 0.400 bits per heavy atom. The van der Waals surface area contributed by atoms with Gasteiger partial charge >= 0.3 is 16.5 Å². The van der Waals surface area contributed by atoms with Crippen LogP contribution < -0.4 is 0 Å². The standard InChI is InChI=1S/Ni.4H2O/h;4*1H2/q+4;;;;/p-4. The summed E-state index contributed by atoms with van der Waals surface area (Å²) >= 11 is 0. The minimum atomic E-state index is 0. The van der Waals surface area contributed by atoms with Crippen LogP contribution in [0.25, 0.3) is 0 Å². The van der Waals surface area contributed by atoms with Gasteiger partial charge in [0.05, 0.1) is 0 Å². The minimum Gasteiger partial charge on any atom is -0.870 e. The van der Waals surface area contributed by atoms with Gasteiger partial charge in [0, 0.05) is 0 Å². The number of hydrogen-bond acceptors (Lipinski definition) is 4. The summed E-state index contributed by atoms with van der Waals surface area (Å²) in [6.45, 7) is 0. The Hall–Kier alpha value is 0.334. The molecule has 0 saturated carbocycles. The molecule has 0 atom stereocenters. The summed E-state index contributed by atoms with van der Waals surface area (Å²) in [5, 5.41) is 0. The van der Waals surface area contributed by atoms with Crippen LogP contribution in [0.4, 0.5) is 0 Å². The Morgan fingerprint density at radius 2 is 0.400 bits per heavy atom. The van der Waals surface area contributed by atoms with E-state index < -0.39 is 0 Å². The molecule has 0 heterocycles. The summed E-state index contributed by atoms with van der Waals surface area (Å²) in [7, 11) is 0. The van der Waals surface area contributed by atoms with Gasteiger partial charge in [-0.1, -0.05) is 0 Å². The van der Waals surface area contributed by atoms with Gasteiger partial charge in [0.2, 0.25) is 0 Å². The Labute approximate surface area is 39.3 Å². The van der Waals surface area contributed by atoms with Gasteiger partial charge in [-0.15, -0.1) is 0 Å².